The molecule has 2 aromatic carbocycles. The number of anilines is 2. The second-order valence-electron chi connectivity index (χ2n) is 5.77. The monoisotopic (exact) mass is 362 g/mol. The van der Waals surface area contributed by atoms with Gasteiger partial charge >= 0.3 is 0 Å². The van der Waals surface area contributed by atoms with E-state index in [0.29, 0.717) is 21.4 Å². The minimum absolute atomic E-state index is 0.187. The molecule has 3 aromatic rings. The fourth-order valence-corrected chi connectivity index (χ4v) is 2.99. The van der Waals surface area contributed by atoms with Gasteiger partial charge in [0.15, 0.2) is 0 Å². The van der Waals surface area contributed by atoms with E-state index in [9.17, 15) is 4.79 Å². The predicted octanol–water partition coefficient (Wildman–Crippen LogP) is 5.12. The first-order valence-corrected chi connectivity index (χ1v) is 8.12. The molecule has 0 bridgehead atoms. The first-order valence-electron chi connectivity index (χ1n) is 7.37. The van der Waals surface area contributed by atoms with Crippen molar-refractivity contribution in [3.63, 3.8) is 0 Å². The summed E-state index contributed by atoms with van der Waals surface area (Å²) >= 11 is 12.0. The third-order valence-corrected chi connectivity index (χ3v) is 4.61. The van der Waals surface area contributed by atoms with Crippen molar-refractivity contribution in [3.05, 3.63) is 57.3 Å². The Morgan fingerprint density at radius 1 is 1.12 bits per heavy atom. The highest BCUT2D eigenvalue weighted by Crippen LogP contribution is 2.31. The van der Waals surface area contributed by atoms with E-state index in [1.807, 2.05) is 26.0 Å². The van der Waals surface area contributed by atoms with E-state index in [-0.39, 0.29) is 12.3 Å². The number of fused-ring (bicyclic) bond motifs is 1. The van der Waals surface area contributed by atoms with Crippen LogP contribution in [-0.2, 0) is 11.2 Å². The molecule has 0 unspecified atom stereocenters. The van der Waals surface area contributed by atoms with E-state index < -0.39 is 0 Å². The van der Waals surface area contributed by atoms with Crippen LogP contribution in [0.15, 0.2) is 34.9 Å². The van der Waals surface area contributed by atoms with Crippen molar-refractivity contribution in [2.24, 2.45) is 0 Å². The first kappa shape index (κ1) is 16.7. The Labute approximate surface area is 149 Å². The molecular formula is C18H16Cl2N2O2. The minimum Gasteiger partial charge on any atom is -0.464 e. The Hall–Kier alpha value is -2.17. The van der Waals surface area contributed by atoms with Gasteiger partial charge in [-0.2, -0.15) is 0 Å². The summed E-state index contributed by atoms with van der Waals surface area (Å²) in [5.74, 6) is -0.187. The Bertz CT molecular complexity index is 925. The normalized spacial score (nSPS) is 11.0. The summed E-state index contributed by atoms with van der Waals surface area (Å²) in [5.41, 5.74) is 10.4. The van der Waals surface area contributed by atoms with Gasteiger partial charge in [-0.05, 0) is 49.2 Å². The summed E-state index contributed by atoms with van der Waals surface area (Å²) in [7, 11) is 0. The number of amides is 1. The lowest BCUT2D eigenvalue weighted by Gasteiger charge is -2.08. The molecule has 3 rings (SSSR count). The fourth-order valence-electron chi connectivity index (χ4n) is 2.51. The zero-order chi connectivity index (χ0) is 17.4. The van der Waals surface area contributed by atoms with Gasteiger partial charge in [-0.15, -0.1) is 0 Å². The number of nitrogens with one attached hydrogen (secondary N) is 1. The number of halogens is 2. The lowest BCUT2D eigenvalue weighted by atomic mass is 10.0. The zero-order valence-electron chi connectivity index (χ0n) is 13.2. The van der Waals surface area contributed by atoms with Gasteiger partial charge < -0.3 is 15.5 Å². The summed E-state index contributed by atoms with van der Waals surface area (Å²) in [5, 5.41) is 4.33. The summed E-state index contributed by atoms with van der Waals surface area (Å²) < 4.78 is 5.55. The molecule has 0 saturated carbocycles. The average Bonchev–Trinajstić information content (AvgIpc) is 2.87. The summed E-state index contributed by atoms with van der Waals surface area (Å²) in [4.78, 5) is 12.3. The quantitative estimate of drug-likeness (QED) is 0.635. The Balaban J connectivity index is 1.82. The van der Waals surface area contributed by atoms with Crippen LogP contribution in [0.5, 0.6) is 0 Å². The Kier molecular flexibility index (Phi) is 4.43. The smallest absolute Gasteiger partial charge is 0.228 e. The summed E-state index contributed by atoms with van der Waals surface area (Å²) in [6, 6.07) is 7.16. The molecule has 0 saturated heterocycles. The fraction of sp³-hybridized carbons (Fsp3) is 0.167. The highest BCUT2D eigenvalue weighted by atomic mass is 35.5. The molecular weight excluding hydrogens is 347 g/mol. The van der Waals surface area contributed by atoms with Gasteiger partial charge in [-0.3, -0.25) is 4.79 Å². The van der Waals surface area contributed by atoms with E-state index in [1.165, 1.54) is 0 Å². The van der Waals surface area contributed by atoms with Crippen molar-refractivity contribution in [3.8, 4) is 0 Å². The maximum Gasteiger partial charge on any atom is 0.228 e. The number of rotatable bonds is 3. The molecule has 0 radical (unpaired) electrons. The Morgan fingerprint density at radius 2 is 1.75 bits per heavy atom. The number of aryl methyl sites for hydroxylation is 2. The van der Waals surface area contributed by atoms with Crippen LogP contribution in [0.2, 0.25) is 10.0 Å². The number of hydrogen-bond donors (Lipinski definition) is 2. The van der Waals surface area contributed by atoms with Crippen molar-refractivity contribution < 1.29 is 9.21 Å². The van der Waals surface area contributed by atoms with Gasteiger partial charge in [0.2, 0.25) is 5.91 Å². The van der Waals surface area contributed by atoms with Gasteiger partial charge in [0.25, 0.3) is 0 Å². The zero-order valence-corrected chi connectivity index (χ0v) is 14.8. The minimum atomic E-state index is -0.187. The lowest BCUT2D eigenvalue weighted by molar-refractivity contribution is -0.115. The van der Waals surface area contributed by atoms with Crippen molar-refractivity contribution in [2.75, 3.05) is 11.1 Å². The average molecular weight is 363 g/mol. The molecule has 24 heavy (non-hydrogen) atoms. The SMILES string of the molecule is Cc1cc2occ(CC(=O)Nc3cc(Cl)c(N)c(Cl)c3)c2cc1C. The van der Waals surface area contributed by atoms with Gasteiger partial charge in [0, 0.05) is 16.6 Å². The molecule has 124 valence electrons. The van der Waals surface area contributed by atoms with Crippen LogP contribution in [-0.4, -0.2) is 5.91 Å². The number of nitrogen functional groups attached to an aromatic ring is 1. The van der Waals surface area contributed by atoms with Crippen molar-refractivity contribution >= 4 is 51.5 Å². The largest absolute Gasteiger partial charge is 0.464 e. The van der Waals surface area contributed by atoms with Gasteiger partial charge in [0.05, 0.1) is 28.4 Å². The third-order valence-electron chi connectivity index (χ3n) is 3.98. The highest BCUT2D eigenvalue weighted by molar-refractivity contribution is 6.39. The molecule has 1 amide bonds. The van der Waals surface area contributed by atoms with Gasteiger partial charge in [-0.1, -0.05) is 23.2 Å². The van der Waals surface area contributed by atoms with Crippen LogP contribution in [0.25, 0.3) is 11.0 Å². The molecule has 0 aliphatic rings. The molecule has 0 spiro atoms. The second kappa shape index (κ2) is 6.38. The van der Waals surface area contributed by atoms with Crippen LogP contribution in [0.4, 0.5) is 11.4 Å². The van der Waals surface area contributed by atoms with Gasteiger partial charge in [0.1, 0.15) is 5.58 Å². The van der Waals surface area contributed by atoms with E-state index >= 15 is 0 Å². The molecule has 6 heteroatoms. The topological polar surface area (TPSA) is 68.3 Å². The third kappa shape index (κ3) is 3.21. The number of hydrogen-bond acceptors (Lipinski definition) is 3. The molecule has 1 aromatic heterocycles. The maximum absolute atomic E-state index is 12.3. The highest BCUT2D eigenvalue weighted by Gasteiger charge is 2.13. The second-order valence-corrected chi connectivity index (χ2v) is 6.59. The molecule has 3 N–H and O–H groups in total. The summed E-state index contributed by atoms with van der Waals surface area (Å²) in [6.07, 6.45) is 1.81. The van der Waals surface area contributed by atoms with Crippen molar-refractivity contribution in [1.82, 2.24) is 0 Å². The number of carbonyl (C=O) groups excluding carboxylic acids is 1. The number of benzene rings is 2. The number of furan rings is 1. The summed E-state index contributed by atoms with van der Waals surface area (Å²) in [6.45, 7) is 4.06. The van der Waals surface area contributed by atoms with Gasteiger partial charge in [-0.25, -0.2) is 0 Å². The molecule has 1 heterocycles. The number of carbonyl (C=O) groups is 1. The maximum atomic E-state index is 12.3. The van der Waals surface area contributed by atoms with Crippen LogP contribution < -0.4 is 11.1 Å². The molecule has 0 aliphatic carbocycles. The standard InChI is InChI=1S/C18H16Cl2N2O2/c1-9-3-13-11(8-24-16(13)4-10(9)2)5-17(23)22-12-6-14(19)18(21)15(20)7-12/h3-4,6-8H,5,21H2,1-2H3,(H,22,23). The van der Waals surface area contributed by atoms with Crippen LogP contribution in [0.3, 0.4) is 0 Å². The molecule has 0 atom stereocenters. The van der Waals surface area contributed by atoms with E-state index in [4.69, 9.17) is 33.4 Å². The molecule has 0 aliphatic heterocycles. The van der Waals surface area contributed by atoms with Crippen LogP contribution in [0, 0.1) is 13.8 Å². The number of nitrogens with two attached hydrogens (primary N) is 1. The van der Waals surface area contributed by atoms with Crippen LogP contribution >= 0.6 is 23.2 Å². The van der Waals surface area contributed by atoms with E-state index in [0.717, 1.165) is 27.7 Å². The first-order chi connectivity index (χ1) is 11.3. The van der Waals surface area contributed by atoms with E-state index in [1.54, 1.807) is 18.4 Å². The van der Waals surface area contributed by atoms with Crippen molar-refractivity contribution in [1.29, 1.82) is 0 Å². The van der Waals surface area contributed by atoms with Crippen molar-refractivity contribution in [2.45, 2.75) is 20.3 Å². The molecule has 0 fully saturated rings. The Morgan fingerprint density at radius 3 is 2.42 bits per heavy atom. The molecule has 4 nitrogen and oxygen atoms in total. The van der Waals surface area contributed by atoms with Crippen LogP contribution in [0.1, 0.15) is 16.7 Å². The van der Waals surface area contributed by atoms with E-state index in [2.05, 4.69) is 5.32 Å². The lowest BCUT2D eigenvalue weighted by Crippen LogP contribution is -2.14. The predicted molar refractivity (Wildman–Crippen MR) is 98.9 cm³/mol.